The largest absolute Gasteiger partial charge is 0.497 e. The molecule has 1 aromatic heterocycles. The molecule has 0 spiro atoms. The van der Waals surface area contributed by atoms with Gasteiger partial charge in [-0.1, -0.05) is 26.0 Å². The summed E-state index contributed by atoms with van der Waals surface area (Å²) in [4.78, 5) is 15.7. The lowest BCUT2D eigenvalue weighted by atomic mass is 10.0. The Labute approximate surface area is 199 Å². The first kappa shape index (κ1) is 25.0. The van der Waals surface area contributed by atoms with Gasteiger partial charge in [0.05, 0.1) is 13.2 Å². The van der Waals surface area contributed by atoms with Gasteiger partial charge in [-0.15, -0.1) is 11.3 Å². The Hall–Kier alpha value is -1.59. The van der Waals surface area contributed by atoms with Gasteiger partial charge in [-0.2, -0.15) is 16.1 Å². The fourth-order valence-electron chi connectivity index (χ4n) is 3.83. The average Bonchev–Trinajstić information content (AvgIpc) is 3.33. The molecule has 2 heterocycles. The highest BCUT2D eigenvalue weighted by Crippen LogP contribution is 2.28. The van der Waals surface area contributed by atoms with E-state index in [1.807, 2.05) is 24.3 Å². The van der Waals surface area contributed by atoms with Gasteiger partial charge in [0.2, 0.25) is 10.0 Å². The lowest BCUT2D eigenvalue weighted by Gasteiger charge is -2.30. The Balaban J connectivity index is 1.79. The molecule has 0 aliphatic carbocycles. The van der Waals surface area contributed by atoms with E-state index in [1.165, 1.54) is 15.6 Å². The Kier molecular flexibility index (Phi) is 9.01. The van der Waals surface area contributed by atoms with Crippen LogP contribution in [0.1, 0.15) is 35.1 Å². The standard InChI is InChI=1S/C22H31N3O4S3/c1-4-24(5-2)19(17-7-6-8-18(15-17)29-3)16-23-22(26)21-20(9-12-31-21)32(27,28)25-10-13-30-14-11-25/h6-9,12,15,19H,4-5,10-11,13-14,16H2,1-3H3,(H,23,26). The molecule has 7 nitrogen and oxygen atoms in total. The van der Waals surface area contributed by atoms with Crippen LogP contribution in [0.5, 0.6) is 5.75 Å². The third kappa shape index (κ3) is 5.66. The number of nitrogens with zero attached hydrogens (tertiary/aromatic N) is 2. The number of hydrogen-bond donors (Lipinski definition) is 1. The second-order valence-corrected chi connectivity index (χ2v) is 11.4. The molecule has 2 aromatic rings. The van der Waals surface area contributed by atoms with E-state index in [0.717, 1.165) is 35.9 Å². The summed E-state index contributed by atoms with van der Waals surface area (Å²) < 4.78 is 33.1. The Morgan fingerprint density at radius 1 is 1.22 bits per heavy atom. The summed E-state index contributed by atoms with van der Waals surface area (Å²) in [6.07, 6.45) is 0. The molecule has 1 atom stereocenters. The number of thiophene rings is 1. The van der Waals surface area contributed by atoms with Gasteiger partial charge in [0.25, 0.3) is 5.91 Å². The minimum Gasteiger partial charge on any atom is -0.497 e. The Bertz CT molecular complexity index is 999. The lowest BCUT2D eigenvalue weighted by Crippen LogP contribution is -2.40. The summed E-state index contributed by atoms with van der Waals surface area (Å²) in [6.45, 7) is 7.12. The molecule has 176 valence electrons. The molecule has 1 aliphatic rings. The van der Waals surface area contributed by atoms with Crippen LogP contribution in [-0.2, 0) is 10.0 Å². The molecule has 0 saturated carbocycles. The number of amides is 1. The van der Waals surface area contributed by atoms with E-state index < -0.39 is 10.0 Å². The highest BCUT2D eigenvalue weighted by molar-refractivity contribution is 7.99. The van der Waals surface area contributed by atoms with Crippen LogP contribution in [0.25, 0.3) is 0 Å². The van der Waals surface area contributed by atoms with Crippen LogP contribution >= 0.6 is 23.1 Å². The number of sulfonamides is 1. The summed E-state index contributed by atoms with van der Waals surface area (Å²) >= 11 is 2.91. The first-order valence-electron chi connectivity index (χ1n) is 10.7. The summed E-state index contributed by atoms with van der Waals surface area (Å²) in [7, 11) is -2.05. The van der Waals surface area contributed by atoms with Crippen LogP contribution in [0.4, 0.5) is 0 Å². The minimum atomic E-state index is -3.68. The Morgan fingerprint density at radius 2 is 1.94 bits per heavy atom. The topological polar surface area (TPSA) is 79.0 Å². The molecule has 0 bridgehead atoms. The van der Waals surface area contributed by atoms with Gasteiger partial charge in [-0.25, -0.2) is 8.42 Å². The zero-order chi connectivity index (χ0) is 23.1. The zero-order valence-electron chi connectivity index (χ0n) is 18.7. The van der Waals surface area contributed by atoms with Crippen molar-refractivity contribution in [3.63, 3.8) is 0 Å². The van der Waals surface area contributed by atoms with Gasteiger partial charge in [0, 0.05) is 31.1 Å². The van der Waals surface area contributed by atoms with Crippen molar-refractivity contribution >= 4 is 39.0 Å². The summed E-state index contributed by atoms with van der Waals surface area (Å²) in [6, 6.07) is 9.32. The van der Waals surface area contributed by atoms with Crippen LogP contribution in [0.3, 0.4) is 0 Å². The fraction of sp³-hybridized carbons (Fsp3) is 0.500. The molecule has 1 aromatic carbocycles. The number of carbonyl (C=O) groups excluding carboxylic acids is 1. The quantitative estimate of drug-likeness (QED) is 0.543. The number of benzene rings is 1. The van der Waals surface area contributed by atoms with E-state index in [0.29, 0.717) is 19.6 Å². The van der Waals surface area contributed by atoms with E-state index >= 15 is 0 Å². The van der Waals surface area contributed by atoms with Gasteiger partial charge in [0.1, 0.15) is 15.5 Å². The normalized spacial score (nSPS) is 16.1. The van der Waals surface area contributed by atoms with Crippen molar-refractivity contribution in [1.82, 2.24) is 14.5 Å². The van der Waals surface area contributed by atoms with Crippen LogP contribution in [0, 0.1) is 0 Å². The predicted octanol–water partition coefficient (Wildman–Crippen LogP) is 3.31. The Morgan fingerprint density at radius 3 is 2.59 bits per heavy atom. The number of nitrogens with one attached hydrogen (secondary N) is 1. The van der Waals surface area contributed by atoms with Crippen molar-refractivity contribution < 1.29 is 17.9 Å². The molecule has 0 radical (unpaired) electrons. The first-order chi connectivity index (χ1) is 15.4. The van der Waals surface area contributed by atoms with E-state index in [4.69, 9.17) is 4.74 Å². The predicted molar refractivity (Wildman–Crippen MR) is 131 cm³/mol. The molecule has 32 heavy (non-hydrogen) atoms. The molecular weight excluding hydrogens is 466 g/mol. The van der Waals surface area contributed by atoms with Crippen molar-refractivity contribution in [3.8, 4) is 5.75 Å². The van der Waals surface area contributed by atoms with Gasteiger partial charge in [-0.05, 0) is 42.2 Å². The SMILES string of the molecule is CCN(CC)C(CNC(=O)c1sccc1S(=O)(=O)N1CCSCC1)c1cccc(OC)c1. The molecule has 1 aliphatic heterocycles. The van der Waals surface area contributed by atoms with Gasteiger partial charge in [0.15, 0.2) is 0 Å². The van der Waals surface area contributed by atoms with Crippen LogP contribution in [0.15, 0.2) is 40.6 Å². The summed E-state index contributed by atoms with van der Waals surface area (Å²) in [5, 5.41) is 4.66. The van der Waals surface area contributed by atoms with Crippen molar-refractivity contribution in [3.05, 3.63) is 46.2 Å². The minimum absolute atomic E-state index is 0.0526. The van der Waals surface area contributed by atoms with Crippen LogP contribution in [-0.4, -0.2) is 74.9 Å². The molecule has 1 unspecified atom stereocenters. The van der Waals surface area contributed by atoms with E-state index in [9.17, 15) is 13.2 Å². The maximum Gasteiger partial charge on any atom is 0.262 e. The molecule has 1 saturated heterocycles. The van der Waals surface area contributed by atoms with Crippen LogP contribution < -0.4 is 10.1 Å². The maximum atomic E-state index is 13.1. The molecule has 3 rings (SSSR count). The summed E-state index contributed by atoms with van der Waals surface area (Å²) in [5.41, 5.74) is 1.04. The third-order valence-corrected chi connectivity index (χ3v) is 9.54. The molecule has 10 heteroatoms. The van der Waals surface area contributed by atoms with Crippen molar-refractivity contribution in [2.45, 2.75) is 24.8 Å². The third-order valence-electron chi connectivity index (χ3n) is 5.61. The second kappa shape index (κ2) is 11.5. The highest BCUT2D eigenvalue weighted by atomic mass is 32.2. The second-order valence-electron chi connectivity index (χ2n) is 7.35. The molecule has 1 amide bonds. The number of likely N-dealkylation sites (N-methyl/N-ethyl adjacent to an activating group) is 1. The van der Waals surface area contributed by atoms with Gasteiger partial charge in [-0.3, -0.25) is 9.69 Å². The number of rotatable bonds is 10. The lowest BCUT2D eigenvalue weighted by molar-refractivity contribution is 0.0936. The maximum absolute atomic E-state index is 13.1. The first-order valence-corrected chi connectivity index (χ1v) is 14.2. The molecule has 1 N–H and O–H groups in total. The van der Waals surface area contributed by atoms with Crippen molar-refractivity contribution in [2.75, 3.05) is 51.3 Å². The van der Waals surface area contributed by atoms with Crippen molar-refractivity contribution in [1.29, 1.82) is 0 Å². The van der Waals surface area contributed by atoms with E-state index in [2.05, 4.69) is 24.1 Å². The van der Waals surface area contributed by atoms with Gasteiger partial charge < -0.3 is 10.1 Å². The van der Waals surface area contributed by atoms with E-state index in [-0.39, 0.29) is 21.7 Å². The molecule has 1 fully saturated rings. The summed E-state index contributed by atoms with van der Waals surface area (Å²) in [5.74, 6) is 1.95. The number of ether oxygens (including phenoxy) is 1. The number of hydrogen-bond acceptors (Lipinski definition) is 7. The van der Waals surface area contributed by atoms with Crippen molar-refractivity contribution in [2.24, 2.45) is 0 Å². The number of thioether (sulfide) groups is 1. The van der Waals surface area contributed by atoms with Crippen LogP contribution in [0.2, 0.25) is 0 Å². The monoisotopic (exact) mass is 497 g/mol. The number of methoxy groups -OCH3 is 1. The molecular formula is C22H31N3O4S3. The zero-order valence-corrected chi connectivity index (χ0v) is 21.2. The van der Waals surface area contributed by atoms with Gasteiger partial charge >= 0.3 is 0 Å². The smallest absolute Gasteiger partial charge is 0.262 e. The average molecular weight is 498 g/mol. The number of carbonyl (C=O) groups is 1. The fourth-order valence-corrected chi connectivity index (χ4v) is 7.73. The highest BCUT2D eigenvalue weighted by Gasteiger charge is 2.31. The van der Waals surface area contributed by atoms with E-state index in [1.54, 1.807) is 30.3 Å².